The lowest BCUT2D eigenvalue weighted by Crippen LogP contribution is -1.99. The fourth-order valence-corrected chi connectivity index (χ4v) is 1.76. The molecule has 0 heterocycles. The van der Waals surface area contributed by atoms with Crippen molar-refractivity contribution in [1.82, 2.24) is 0 Å². The van der Waals surface area contributed by atoms with Crippen LogP contribution in [0.2, 0.25) is 0 Å². The van der Waals surface area contributed by atoms with Crippen LogP contribution in [0.15, 0.2) is 36.4 Å². The Morgan fingerprint density at radius 2 is 1.85 bits per heavy atom. The number of aryl methyl sites for hydroxylation is 1. The first kappa shape index (κ1) is 14.0. The second kappa shape index (κ2) is 5.69. The van der Waals surface area contributed by atoms with Crippen LogP contribution in [0.25, 0.3) is 0 Å². The molecule has 0 aliphatic rings. The molecule has 0 saturated heterocycles. The summed E-state index contributed by atoms with van der Waals surface area (Å²) in [6, 6.07) is 7.32. The molecule has 104 valence electrons. The summed E-state index contributed by atoms with van der Waals surface area (Å²) < 4.78 is 32.2. The molecule has 0 fully saturated rings. The average molecular weight is 278 g/mol. The molecule has 0 unspecified atom stereocenters. The molecule has 5 heteroatoms. The highest BCUT2D eigenvalue weighted by molar-refractivity contribution is 5.87. The van der Waals surface area contributed by atoms with E-state index in [1.54, 1.807) is 0 Å². The Morgan fingerprint density at radius 3 is 2.45 bits per heavy atom. The number of benzene rings is 2. The minimum Gasteiger partial charge on any atom is -0.478 e. The van der Waals surface area contributed by atoms with Gasteiger partial charge in [0, 0.05) is 0 Å². The lowest BCUT2D eigenvalue weighted by molar-refractivity contribution is 0.0696. The Balaban J connectivity index is 2.33. The zero-order chi connectivity index (χ0) is 14.7. The van der Waals surface area contributed by atoms with Crippen molar-refractivity contribution in [1.29, 1.82) is 0 Å². The lowest BCUT2D eigenvalue weighted by atomic mass is 10.1. The minimum absolute atomic E-state index is 0.101. The lowest BCUT2D eigenvalue weighted by Gasteiger charge is -2.11. The van der Waals surface area contributed by atoms with E-state index in [2.05, 4.69) is 0 Å². The van der Waals surface area contributed by atoms with Crippen molar-refractivity contribution < 1.29 is 23.4 Å². The molecule has 0 atom stereocenters. The van der Waals surface area contributed by atoms with E-state index < -0.39 is 17.6 Å². The van der Waals surface area contributed by atoms with E-state index in [0.29, 0.717) is 17.7 Å². The van der Waals surface area contributed by atoms with Crippen LogP contribution < -0.4 is 4.74 Å². The van der Waals surface area contributed by atoms with Crippen LogP contribution in [-0.4, -0.2) is 11.1 Å². The summed E-state index contributed by atoms with van der Waals surface area (Å²) in [6.45, 7) is 1.82. The van der Waals surface area contributed by atoms with Crippen molar-refractivity contribution in [2.75, 3.05) is 0 Å². The second-order valence-corrected chi connectivity index (χ2v) is 4.16. The van der Waals surface area contributed by atoms with Crippen molar-refractivity contribution in [2.45, 2.75) is 13.3 Å². The van der Waals surface area contributed by atoms with E-state index in [1.807, 2.05) is 6.92 Å². The van der Waals surface area contributed by atoms with Crippen LogP contribution in [0, 0.1) is 11.6 Å². The summed E-state index contributed by atoms with van der Waals surface area (Å²) in [5, 5.41) is 8.75. The predicted molar refractivity (Wildman–Crippen MR) is 69.2 cm³/mol. The van der Waals surface area contributed by atoms with E-state index in [4.69, 9.17) is 9.84 Å². The maximum atomic E-state index is 13.7. The first-order valence-electron chi connectivity index (χ1n) is 6.00. The van der Waals surface area contributed by atoms with Gasteiger partial charge in [0.05, 0.1) is 5.56 Å². The Hall–Kier alpha value is -2.43. The van der Waals surface area contributed by atoms with Gasteiger partial charge in [-0.1, -0.05) is 6.92 Å². The van der Waals surface area contributed by atoms with Crippen molar-refractivity contribution >= 4 is 5.97 Å². The van der Waals surface area contributed by atoms with Gasteiger partial charge in [0.1, 0.15) is 11.6 Å². The molecule has 0 saturated carbocycles. The van der Waals surface area contributed by atoms with Gasteiger partial charge in [0.15, 0.2) is 11.6 Å². The van der Waals surface area contributed by atoms with Gasteiger partial charge >= 0.3 is 5.97 Å². The number of carboxylic acid groups (broad SMARTS) is 1. The maximum Gasteiger partial charge on any atom is 0.335 e. The molecule has 2 aromatic rings. The normalized spacial score (nSPS) is 10.3. The molecule has 0 aromatic heterocycles. The van der Waals surface area contributed by atoms with Crippen LogP contribution in [0.3, 0.4) is 0 Å². The highest BCUT2D eigenvalue weighted by Crippen LogP contribution is 2.29. The van der Waals surface area contributed by atoms with Crippen molar-refractivity contribution in [3.8, 4) is 11.5 Å². The molecule has 0 aliphatic carbocycles. The van der Waals surface area contributed by atoms with Crippen molar-refractivity contribution in [2.24, 2.45) is 0 Å². The fourth-order valence-electron chi connectivity index (χ4n) is 1.76. The number of carbonyl (C=O) groups is 1. The predicted octanol–water partition coefficient (Wildman–Crippen LogP) is 4.02. The summed E-state index contributed by atoms with van der Waals surface area (Å²) in [5.74, 6) is -2.15. The van der Waals surface area contributed by atoms with E-state index in [0.717, 1.165) is 6.07 Å². The quantitative estimate of drug-likeness (QED) is 0.918. The Bertz CT molecular complexity index is 654. The molecule has 0 bridgehead atoms. The van der Waals surface area contributed by atoms with E-state index in [1.165, 1.54) is 30.3 Å². The third-order valence-electron chi connectivity index (χ3n) is 2.80. The van der Waals surface area contributed by atoms with Crippen LogP contribution >= 0.6 is 0 Å². The van der Waals surface area contributed by atoms with Crippen molar-refractivity contribution in [3.63, 3.8) is 0 Å². The highest BCUT2D eigenvalue weighted by Gasteiger charge is 2.12. The topological polar surface area (TPSA) is 46.5 Å². The molecular formula is C15H12F2O3. The van der Waals surface area contributed by atoms with E-state index in [9.17, 15) is 13.6 Å². The molecule has 1 N–H and O–H groups in total. The number of ether oxygens (including phenoxy) is 1. The van der Waals surface area contributed by atoms with E-state index >= 15 is 0 Å². The smallest absolute Gasteiger partial charge is 0.335 e. The highest BCUT2D eigenvalue weighted by atomic mass is 19.1. The number of aromatic carboxylic acids is 1. The molecule has 20 heavy (non-hydrogen) atoms. The molecule has 0 aliphatic heterocycles. The zero-order valence-electron chi connectivity index (χ0n) is 10.7. The van der Waals surface area contributed by atoms with Crippen LogP contribution in [0.5, 0.6) is 11.5 Å². The summed E-state index contributed by atoms with van der Waals surface area (Å²) in [5.41, 5.74) is 0.441. The third-order valence-corrected chi connectivity index (χ3v) is 2.80. The van der Waals surface area contributed by atoms with Gasteiger partial charge in [-0.2, -0.15) is 0 Å². The minimum atomic E-state index is -1.22. The van der Waals surface area contributed by atoms with Crippen LogP contribution in [-0.2, 0) is 6.42 Å². The van der Waals surface area contributed by atoms with Crippen LogP contribution in [0.1, 0.15) is 22.8 Å². The SMILES string of the molecule is CCc1cc(F)ccc1Oc1ccc(C(=O)O)cc1F. The van der Waals surface area contributed by atoms with E-state index in [-0.39, 0.29) is 11.3 Å². The van der Waals surface area contributed by atoms with Gasteiger partial charge in [-0.15, -0.1) is 0 Å². The number of halogens is 2. The van der Waals surface area contributed by atoms with Gasteiger partial charge in [0.2, 0.25) is 0 Å². The largest absolute Gasteiger partial charge is 0.478 e. The molecule has 0 spiro atoms. The summed E-state index contributed by atoms with van der Waals surface area (Å²) in [6.07, 6.45) is 0.530. The van der Waals surface area contributed by atoms with Crippen LogP contribution in [0.4, 0.5) is 8.78 Å². The molecule has 3 nitrogen and oxygen atoms in total. The number of carboxylic acids is 1. The zero-order valence-corrected chi connectivity index (χ0v) is 10.7. The Morgan fingerprint density at radius 1 is 1.15 bits per heavy atom. The van der Waals surface area contributed by atoms with Gasteiger partial charge < -0.3 is 9.84 Å². The standard InChI is InChI=1S/C15H12F2O3/c1-2-9-7-11(16)4-6-13(9)20-14-5-3-10(15(18)19)8-12(14)17/h3-8H,2H2,1H3,(H,18,19). The molecule has 0 amide bonds. The van der Waals surface area contributed by atoms with Gasteiger partial charge in [0.25, 0.3) is 0 Å². The Labute approximate surface area is 114 Å². The number of hydrogen-bond acceptors (Lipinski definition) is 2. The van der Waals surface area contributed by atoms with Gasteiger partial charge in [-0.25, -0.2) is 13.6 Å². The number of hydrogen-bond donors (Lipinski definition) is 1. The fraction of sp³-hybridized carbons (Fsp3) is 0.133. The summed E-state index contributed by atoms with van der Waals surface area (Å²) in [7, 11) is 0. The second-order valence-electron chi connectivity index (χ2n) is 4.16. The summed E-state index contributed by atoms with van der Waals surface area (Å²) >= 11 is 0. The summed E-state index contributed by atoms with van der Waals surface area (Å²) in [4.78, 5) is 10.7. The average Bonchev–Trinajstić information content (AvgIpc) is 2.42. The molecule has 2 rings (SSSR count). The number of rotatable bonds is 4. The molecule has 0 radical (unpaired) electrons. The Kier molecular flexibility index (Phi) is 3.98. The van der Waals surface area contributed by atoms with Crippen molar-refractivity contribution in [3.05, 3.63) is 59.2 Å². The first-order valence-corrected chi connectivity index (χ1v) is 6.00. The monoisotopic (exact) mass is 278 g/mol. The third kappa shape index (κ3) is 2.93. The van der Waals surface area contributed by atoms with Gasteiger partial charge in [-0.3, -0.25) is 0 Å². The first-order chi connectivity index (χ1) is 9.51. The van der Waals surface area contributed by atoms with Gasteiger partial charge in [-0.05, 0) is 48.4 Å². The molecular weight excluding hydrogens is 266 g/mol. The molecule has 2 aromatic carbocycles. The maximum absolute atomic E-state index is 13.7.